The Kier molecular flexibility index (Phi) is 3.98. The average molecular weight is 348 g/mol. The summed E-state index contributed by atoms with van der Waals surface area (Å²) in [7, 11) is 0. The largest absolute Gasteiger partial charge is 0.368 e. The molecular formula is C15H16N4O2S2. The maximum absolute atomic E-state index is 12.1. The van der Waals surface area contributed by atoms with Gasteiger partial charge in [0.2, 0.25) is 0 Å². The summed E-state index contributed by atoms with van der Waals surface area (Å²) in [5.41, 5.74) is 1.82. The third-order valence-corrected chi connectivity index (χ3v) is 5.62. The van der Waals surface area contributed by atoms with E-state index in [0.717, 1.165) is 34.4 Å². The molecule has 0 saturated carbocycles. The van der Waals surface area contributed by atoms with Crippen LogP contribution in [-0.2, 0) is 11.3 Å². The fourth-order valence-corrected chi connectivity index (χ4v) is 4.29. The highest BCUT2D eigenvalue weighted by Crippen LogP contribution is 2.25. The second-order valence-electron chi connectivity index (χ2n) is 5.56. The Bertz CT molecular complexity index is 885. The van der Waals surface area contributed by atoms with Crippen LogP contribution in [0.1, 0.15) is 22.5 Å². The highest BCUT2D eigenvalue weighted by Gasteiger charge is 2.24. The molecule has 0 aliphatic carbocycles. The van der Waals surface area contributed by atoms with Crippen molar-refractivity contribution < 1.29 is 4.74 Å². The minimum absolute atomic E-state index is 0.00835. The van der Waals surface area contributed by atoms with Crippen LogP contribution >= 0.6 is 22.7 Å². The Hall–Kier alpha value is -1.61. The standard InChI is InChI=1S/C15H16N4O2S2/c1-10-9-23-14(16-10)12-8-18(2-4-21-12)7-11-6-13(20)19-3-5-22-15(19)17-11/h3,5-6,9,12H,2,4,7-8H2,1H3. The zero-order valence-electron chi connectivity index (χ0n) is 12.6. The van der Waals surface area contributed by atoms with Crippen molar-refractivity contribution in [2.75, 3.05) is 19.7 Å². The summed E-state index contributed by atoms with van der Waals surface area (Å²) in [5, 5.41) is 4.95. The molecule has 0 bridgehead atoms. The van der Waals surface area contributed by atoms with E-state index >= 15 is 0 Å². The number of thiazole rings is 2. The van der Waals surface area contributed by atoms with E-state index in [0.29, 0.717) is 13.2 Å². The fraction of sp³-hybridized carbons (Fsp3) is 0.400. The molecule has 23 heavy (non-hydrogen) atoms. The van der Waals surface area contributed by atoms with E-state index in [2.05, 4.69) is 14.9 Å². The van der Waals surface area contributed by atoms with Crippen LogP contribution in [0.3, 0.4) is 0 Å². The van der Waals surface area contributed by atoms with Gasteiger partial charge < -0.3 is 4.74 Å². The number of aryl methyl sites for hydroxylation is 1. The van der Waals surface area contributed by atoms with Crippen molar-refractivity contribution in [3.05, 3.63) is 49.8 Å². The van der Waals surface area contributed by atoms with Gasteiger partial charge in [0.05, 0.1) is 12.3 Å². The Morgan fingerprint density at radius 1 is 1.39 bits per heavy atom. The number of aromatic nitrogens is 3. The second kappa shape index (κ2) is 6.12. The molecule has 4 rings (SSSR count). The SMILES string of the molecule is Cc1csc(C2CN(Cc3cc(=O)n4ccsc4n3)CCO2)n1. The molecule has 4 heterocycles. The first-order valence-corrected chi connectivity index (χ1v) is 9.17. The molecule has 3 aromatic heterocycles. The summed E-state index contributed by atoms with van der Waals surface area (Å²) in [6, 6.07) is 1.62. The molecule has 0 radical (unpaired) electrons. The lowest BCUT2D eigenvalue weighted by molar-refractivity contribution is -0.0333. The molecule has 0 N–H and O–H groups in total. The number of ether oxygens (including phenoxy) is 1. The Morgan fingerprint density at radius 2 is 2.30 bits per heavy atom. The van der Waals surface area contributed by atoms with Crippen molar-refractivity contribution in [1.29, 1.82) is 0 Å². The maximum Gasteiger partial charge on any atom is 0.258 e. The van der Waals surface area contributed by atoms with Crippen molar-refractivity contribution in [3.8, 4) is 0 Å². The first-order valence-electron chi connectivity index (χ1n) is 7.41. The minimum Gasteiger partial charge on any atom is -0.368 e. The fourth-order valence-electron chi connectivity index (χ4n) is 2.71. The van der Waals surface area contributed by atoms with Gasteiger partial charge in [-0.3, -0.25) is 14.1 Å². The highest BCUT2D eigenvalue weighted by molar-refractivity contribution is 7.15. The number of hydrogen-bond donors (Lipinski definition) is 0. The molecule has 120 valence electrons. The van der Waals surface area contributed by atoms with Crippen LogP contribution in [-0.4, -0.2) is 39.0 Å². The molecule has 1 atom stereocenters. The van der Waals surface area contributed by atoms with E-state index in [1.165, 1.54) is 11.3 Å². The van der Waals surface area contributed by atoms with Crippen LogP contribution < -0.4 is 5.56 Å². The van der Waals surface area contributed by atoms with Crippen molar-refractivity contribution >= 4 is 27.6 Å². The summed E-state index contributed by atoms with van der Waals surface area (Å²) in [6.45, 7) is 4.94. The summed E-state index contributed by atoms with van der Waals surface area (Å²) >= 11 is 3.12. The van der Waals surface area contributed by atoms with E-state index < -0.39 is 0 Å². The molecular weight excluding hydrogens is 332 g/mol. The molecule has 0 spiro atoms. The van der Waals surface area contributed by atoms with Gasteiger partial charge in [-0.05, 0) is 6.92 Å². The zero-order chi connectivity index (χ0) is 15.8. The first kappa shape index (κ1) is 14.9. The number of fused-ring (bicyclic) bond motifs is 1. The van der Waals surface area contributed by atoms with E-state index in [-0.39, 0.29) is 11.7 Å². The Balaban J connectivity index is 1.52. The van der Waals surface area contributed by atoms with Gasteiger partial charge in [0.25, 0.3) is 5.56 Å². The molecule has 3 aromatic rings. The summed E-state index contributed by atoms with van der Waals surface area (Å²) < 4.78 is 7.43. The van der Waals surface area contributed by atoms with Gasteiger partial charge in [-0.25, -0.2) is 9.97 Å². The van der Waals surface area contributed by atoms with Gasteiger partial charge >= 0.3 is 0 Å². The van der Waals surface area contributed by atoms with Crippen LogP contribution in [0.25, 0.3) is 4.96 Å². The predicted molar refractivity (Wildman–Crippen MR) is 90.2 cm³/mol. The summed E-state index contributed by atoms with van der Waals surface area (Å²) in [5.74, 6) is 0. The molecule has 1 fully saturated rings. The number of morpholine rings is 1. The second-order valence-corrected chi connectivity index (χ2v) is 7.33. The lowest BCUT2D eigenvalue weighted by Crippen LogP contribution is -2.38. The first-order chi connectivity index (χ1) is 11.2. The molecule has 0 amide bonds. The van der Waals surface area contributed by atoms with Crippen molar-refractivity contribution in [2.24, 2.45) is 0 Å². The molecule has 8 heteroatoms. The van der Waals surface area contributed by atoms with Crippen LogP contribution in [0.5, 0.6) is 0 Å². The lowest BCUT2D eigenvalue weighted by atomic mass is 10.2. The monoisotopic (exact) mass is 348 g/mol. The predicted octanol–water partition coefficient (Wildman–Crippen LogP) is 2.09. The van der Waals surface area contributed by atoms with Crippen molar-refractivity contribution in [2.45, 2.75) is 19.6 Å². The van der Waals surface area contributed by atoms with Gasteiger partial charge in [-0.15, -0.1) is 22.7 Å². The normalized spacial score (nSPS) is 19.4. The van der Waals surface area contributed by atoms with Gasteiger partial charge in [0, 0.05) is 48.4 Å². The maximum atomic E-state index is 12.1. The van der Waals surface area contributed by atoms with Crippen molar-refractivity contribution in [1.82, 2.24) is 19.3 Å². The zero-order valence-corrected chi connectivity index (χ0v) is 14.3. The molecule has 6 nitrogen and oxygen atoms in total. The third-order valence-electron chi connectivity index (χ3n) is 3.80. The lowest BCUT2D eigenvalue weighted by Gasteiger charge is -2.31. The highest BCUT2D eigenvalue weighted by atomic mass is 32.1. The average Bonchev–Trinajstić information content (AvgIpc) is 3.16. The van der Waals surface area contributed by atoms with E-state index in [4.69, 9.17) is 4.74 Å². The summed E-state index contributed by atoms with van der Waals surface area (Å²) in [4.78, 5) is 24.2. The number of nitrogens with zero attached hydrogens (tertiary/aromatic N) is 4. The van der Waals surface area contributed by atoms with Crippen LogP contribution in [0, 0.1) is 6.92 Å². The Morgan fingerprint density at radius 3 is 3.13 bits per heavy atom. The number of rotatable bonds is 3. The van der Waals surface area contributed by atoms with Gasteiger partial charge in [0.1, 0.15) is 11.1 Å². The molecule has 0 aromatic carbocycles. The third kappa shape index (κ3) is 3.07. The van der Waals surface area contributed by atoms with Crippen LogP contribution in [0.15, 0.2) is 27.8 Å². The molecule has 1 aliphatic rings. The van der Waals surface area contributed by atoms with E-state index in [9.17, 15) is 4.79 Å². The molecule has 1 saturated heterocycles. The quantitative estimate of drug-likeness (QED) is 0.725. The molecule has 1 unspecified atom stereocenters. The topological polar surface area (TPSA) is 59.7 Å². The van der Waals surface area contributed by atoms with Crippen molar-refractivity contribution in [3.63, 3.8) is 0 Å². The van der Waals surface area contributed by atoms with Gasteiger partial charge in [0.15, 0.2) is 4.96 Å². The number of hydrogen-bond acceptors (Lipinski definition) is 7. The van der Waals surface area contributed by atoms with Gasteiger partial charge in [-0.2, -0.15) is 0 Å². The molecule has 1 aliphatic heterocycles. The Labute approximate surface area is 141 Å². The van der Waals surface area contributed by atoms with Crippen LogP contribution in [0.4, 0.5) is 0 Å². The van der Waals surface area contributed by atoms with Gasteiger partial charge in [-0.1, -0.05) is 0 Å². The minimum atomic E-state index is -0.0217. The smallest absolute Gasteiger partial charge is 0.258 e. The summed E-state index contributed by atoms with van der Waals surface area (Å²) in [6.07, 6.45) is 1.77. The van der Waals surface area contributed by atoms with Crippen LogP contribution in [0.2, 0.25) is 0 Å². The van der Waals surface area contributed by atoms with E-state index in [1.807, 2.05) is 17.7 Å². The van der Waals surface area contributed by atoms with E-state index in [1.54, 1.807) is 28.0 Å².